The molecule has 118 heavy (non-hydrogen) atoms. The van der Waals surface area contributed by atoms with E-state index in [1.165, 1.54) is 148 Å². The molecule has 32 atom stereocenters. The van der Waals surface area contributed by atoms with Crippen LogP contribution in [-0.4, -0.2) is 352 Å². The van der Waals surface area contributed by atoms with Crippen LogP contribution in [0.3, 0.4) is 0 Å². The van der Waals surface area contributed by atoms with E-state index >= 15 is 0 Å². The molecule has 21 N–H and O–H groups in total. The van der Waals surface area contributed by atoms with Gasteiger partial charge in [0.2, 0.25) is 17.7 Å². The van der Waals surface area contributed by atoms with E-state index < -0.39 is 254 Å². The maximum absolute atomic E-state index is 13.6. The molecule has 12 unspecified atom stereocenters. The Kier molecular flexibility index (Phi) is 50.0. The first-order valence-electron chi connectivity index (χ1n) is 44.0. The van der Waals surface area contributed by atoms with Crippen LogP contribution in [-0.2, 0) is 71.2 Å². The fourth-order valence-corrected chi connectivity index (χ4v) is 16.2. The molecule has 36 heteroatoms. The molecule has 0 aromatic heterocycles. The van der Waals surface area contributed by atoms with Gasteiger partial charge in [0.25, 0.3) is 0 Å². The Morgan fingerprint density at radius 1 is 0.331 bits per heavy atom. The van der Waals surface area contributed by atoms with Crippen LogP contribution >= 0.6 is 0 Å². The Labute approximate surface area is 694 Å². The molecular formula is C82H149N3O33. The van der Waals surface area contributed by atoms with Crippen LogP contribution in [0.5, 0.6) is 0 Å². The summed E-state index contributed by atoms with van der Waals surface area (Å²) < 4.78 is 71.0. The van der Waals surface area contributed by atoms with Crippen LogP contribution in [0.15, 0.2) is 12.2 Å². The third kappa shape index (κ3) is 32.7. The summed E-state index contributed by atoms with van der Waals surface area (Å²) in [5.41, 5.74) is 0. The van der Waals surface area contributed by atoms with Crippen molar-refractivity contribution in [1.82, 2.24) is 16.0 Å². The average Bonchev–Trinajstić information content (AvgIpc) is 0.766. The molecule has 0 aromatic rings. The van der Waals surface area contributed by atoms with Crippen LogP contribution in [0.4, 0.5) is 0 Å². The zero-order chi connectivity index (χ0) is 86.2. The highest BCUT2D eigenvalue weighted by Gasteiger charge is 2.59. The lowest BCUT2D eigenvalue weighted by molar-refractivity contribution is -0.385. The SMILES string of the molecule is CCCCCCCCCCCCC/C=C/[C@@H](O)[C@H](CO[C@@H]1OC(CO)[C@@H](O[C@@H]2OC(CO)[C@H](O[C@@H]3OC(CO)[C@H](O)[C@H](O[C@@H]4OC(CO)[C@H](O)[C@H](O[C@@H]5OC(CO)[C@H](O[C@@H]6OC(CO)[C@H](O)[C@H](O)C6O)[C@H](O)C5NC(C)=O)C4O)C3NC(C)=O)[C@H](O)C2O)[C@H](O)C1O)NC(=O)CCCCCCCCCCCCCCCCCCCCCCC. The van der Waals surface area contributed by atoms with Gasteiger partial charge in [0.1, 0.15) is 146 Å². The van der Waals surface area contributed by atoms with Gasteiger partial charge < -0.3 is 165 Å². The number of hydrogen-bond acceptors (Lipinski definition) is 33. The van der Waals surface area contributed by atoms with Crippen molar-refractivity contribution in [2.75, 3.05) is 46.2 Å². The first kappa shape index (κ1) is 104. The Bertz CT molecular complexity index is 2710. The van der Waals surface area contributed by atoms with Crippen molar-refractivity contribution in [3.05, 3.63) is 12.2 Å². The van der Waals surface area contributed by atoms with Gasteiger partial charge in [-0.1, -0.05) is 219 Å². The molecular weight excluding hydrogens is 1550 g/mol. The van der Waals surface area contributed by atoms with Crippen molar-refractivity contribution in [3.8, 4) is 0 Å². The standard InChI is InChI=1S/C82H149N3O33/c1-5-7-9-11-13-15-17-19-20-21-22-23-24-25-26-28-30-32-34-36-38-40-58(95)85-50(51(94)39-37-35-33-31-29-27-18-16-14-12-10-8-6-2)47-107-79-69(104)66(101)74(56(45-90)112-79)116-81-70(105)67(102)73(57(46-91)113-81)114-78-60(84-49(4)93)75(62(97)53(42-87)108-78)117-82-71(106)76(63(98)54(43-88)110-82)118-77-59(83-48(3)92)64(99)72(55(44-89)111-77)115-80-68(103)65(100)61(96)52(41-86)109-80/h37,39,50-57,59-82,86-91,94,96-106H,5-36,38,40-47H2,1-4H3,(H,83,92)(H,84,93)(H,85,95)/b39-37+/t50-,51+,52?,53?,54?,55?,56?,57?,59?,60?,61-,62-,63-,64+,65-,66+,67+,68?,69?,70?,71?,72-,73-,74+,75+,76-,77-,78-,79+,80-,81-,82-/m0/s1. The Balaban J connectivity index is 1.06. The lowest BCUT2D eigenvalue weighted by Crippen LogP contribution is -2.71. The van der Waals surface area contributed by atoms with Gasteiger partial charge in [-0.15, -0.1) is 0 Å². The van der Waals surface area contributed by atoms with E-state index in [0.717, 1.165) is 65.2 Å². The molecule has 0 aromatic carbocycles. The highest BCUT2D eigenvalue weighted by molar-refractivity contribution is 5.76. The van der Waals surface area contributed by atoms with E-state index in [2.05, 4.69) is 29.8 Å². The number of hydrogen-bond donors (Lipinski definition) is 21. The van der Waals surface area contributed by atoms with E-state index in [-0.39, 0.29) is 12.3 Å². The summed E-state index contributed by atoms with van der Waals surface area (Å²) in [7, 11) is 0. The van der Waals surface area contributed by atoms with E-state index in [0.29, 0.717) is 12.8 Å². The number of rotatable bonds is 58. The fraction of sp³-hybridized carbons (Fsp3) is 0.939. The lowest BCUT2D eigenvalue weighted by Gasteiger charge is -2.51. The largest absolute Gasteiger partial charge is 0.394 e. The second kappa shape index (κ2) is 56.8. The Morgan fingerprint density at radius 3 is 1.08 bits per heavy atom. The molecule has 0 bridgehead atoms. The number of nitrogens with one attached hydrogen (secondary N) is 3. The molecule has 690 valence electrons. The molecule has 0 saturated carbocycles. The van der Waals surface area contributed by atoms with E-state index in [9.17, 15) is 106 Å². The summed E-state index contributed by atoms with van der Waals surface area (Å²) in [5.74, 6) is -2.05. The normalized spacial score (nSPS) is 35.9. The van der Waals surface area contributed by atoms with Crippen molar-refractivity contribution < 1.29 is 163 Å². The van der Waals surface area contributed by atoms with E-state index in [1.807, 2.05) is 6.08 Å². The van der Waals surface area contributed by atoms with Gasteiger partial charge in [-0.05, 0) is 19.3 Å². The third-order valence-corrected chi connectivity index (χ3v) is 23.2. The van der Waals surface area contributed by atoms with Crippen LogP contribution in [0, 0.1) is 0 Å². The molecule has 6 aliphatic rings. The zero-order valence-electron chi connectivity index (χ0n) is 69.8. The number of carbonyl (C=O) groups is 3. The number of carbonyl (C=O) groups excluding carboxylic acids is 3. The summed E-state index contributed by atoms with van der Waals surface area (Å²) >= 11 is 0. The summed E-state index contributed by atoms with van der Waals surface area (Å²) in [6.07, 6.45) is -12.1. The van der Waals surface area contributed by atoms with Gasteiger partial charge in [0.15, 0.2) is 37.7 Å². The Hall–Kier alpha value is -3.05. The number of aliphatic hydroxyl groups is 18. The highest BCUT2D eigenvalue weighted by Crippen LogP contribution is 2.38. The zero-order valence-corrected chi connectivity index (χ0v) is 69.8. The van der Waals surface area contributed by atoms with Crippen LogP contribution in [0.2, 0.25) is 0 Å². The number of amides is 3. The smallest absolute Gasteiger partial charge is 0.220 e. The molecule has 6 aliphatic heterocycles. The van der Waals surface area contributed by atoms with Gasteiger partial charge in [0.05, 0.1) is 58.4 Å². The van der Waals surface area contributed by atoms with Crippen molar-refractivity contribution in [2.45, 2.75) is 442 Å². The van der Waals surface area contributed by atoms with Crippen LogP contribution in [0.1, 0.15) is 246 Å². The Morgan fingerprint density at radius 2 is 0.644 bits per heavy atom. The second-order valence-electron chi connectivity index (χ2n) is 32.8. The molecule has 6 rings (SSSR count). The first-order valence-corrected chi connectivity index (χ1v) is 44.0. The predicted octanol–water partition coefficient (Wildman–Crippen LogP) is -0.0834. The average molecular weight is 1710 g/mol. The lowest BCUT2D eigenvalue weighted by atomic mass is 9.93. The predicted molar refractivity (Wildman–Crippen MR) is 421 cm³/mol. The molecule has 6 heterocycles. The van der Waals surface area contributed by atoms with Crippen LogP contribution < -0.4 is 16.0 Å². The molecule has 3 amide bonds. The first-order chi connectivity index (χ1) is 56.8. The van der Waals surface area contributed by atoms with Crippen molar-refractivity contribution in [1.29, 1.82) is 0 Å². The van der Waals surface area contributed by atoms with Gasteiger partial charge in [0, 0.05) is 20.3 Å². The summed E-state index contributed by atoms with van der Waals surface area (Å²) in [4.78, 5) is 39.3. The maximum atomic E-state index is 13.6. The molecule has 0 aliphatic carbocycles. The van der Waals surface area contributed by atoms with Crippen molar-refractivity contribution in [2.24, 2.45) is 0 Å². The summed E-state index contributed by atoms with van der Waals surface area (Å²) in [5, 5.41) is 208. The topological polar surface area (TPSA) is 562 Å². The van der Waals surface area contributed by atoms with Crippen molar-refractivity contribution >= 4 is 17.7 Å². The summed E-state index contributed by atoms with van der Waals surface area (Å²) in [6, 6.07) is -4.65. The minimum Gasteiger partial charge on any atom is -0.394 e. The second-order valence-corrected chi connectivity index (χ2v) is 32.8. The highest BCUT2D eigenvalue weighted by atomic mass is 16.8. The molecule has 0 radical (unpaired) electrons. The molecule has 36 nitrogen and oxygen atoms in total. The van der Waals surface area contributed by atoms with Gasteiger partial charge in [-0.25, -0.2) is 0 Å². The van der Waals surface area contributed by atoms with E-state index in [1.54, 1.807) is 6.08 Å². The number of aliphatic hydroxyl groups excluding tert-OH is 18. The molecule has 0 spiro atoms. The maximum Gasteiger partial charge on any atom is 0.220 e. The number of allylic oxidation sites excluding steroid dienone is 1. The summed E-state index contributed by atoms with van der Waals surface area (Å²) in [6.45, 7) is 0.106. The number of ether oxygens (including phenoxy) is 12. The van der Waals surface area contributed by atoms with E-state index in [4.69, 9.17) is 56.8 Å². The van der Waals surface area contributed by atoms with Gasteiger partial charge in [-0.3, -0.25) is 14.4 Å². The number of unbranched alkanes of at least 4 members (excludes halogenated alkanes) is 31. The minimum atomic E-state index is -2.27. The third-order valence-electron chi connectivity index (χ3n) is 23.2. The molecule has 6 fully saturated rings. The monoisotopic (exact) mass is 1700 g/mol. The quantitative estimate of drug-likeness (QED) is 0.0280. The minimum absolute atomic E-state index is 0.181. The van der Waals surface area contributed by atoms with Crippen molar-refractivity contribution in [3.63, 3.8) is 0 Å². The fourth-order valence-electron chi connectivity index (χ4n) is 16.2. The van der Waals surface area contributed by atoms with Crippen LogP contribution in [0.25, 0.3) is 0 Å². The van der Waals surface area contributed by atoms with Gasteiger partial charge in [-0.2, -0.15) is 0 Å². The molecule has 6 saturated heterocycles. The van der Waals surface area contributed by atoms with Gasteiger partial charge >= 0.3 is 0 Å².